The van der Waals surface area contributed by atoms with Gasteiger partial charge in [0, 0.05) is 45.1 Å². The SMILES string of the molecule is O=C(NC(CNC(=O)[C@@H]1CCCN(C(=O)CCC2CCN(C(=O)OCc3ccccc3)CC2)C1)C(=O)O)C1CC1. The number of nitrogens with one attached hydrogen (secondary N) is 2. The molecule has 2 atom stereocenters. The Morgan fingerprint density at radius 2 is 1.62 bits per heavy atom. The summed E-state index contributed by atoms with van der Waals surface area (Å²) in [6.07, 6.45) is 5.32. The molecule has 1 saturated carbocycles. The summed E-state index contributed by atoms with van der Waals surface area (Å²) < 4.78 is 5.43. The second kappa shape index (κ2) is 14.1. The van der Waals surface area contributed by atoms with Crippen LogP contribution in [0.5, 0.6) is 0 Å². The predicted molar refractivity (Wildman–Crippen MR) is 145 cm³/mol. The zero-order valence-electron chi connectivity index (χ0n) is 22.9. The summed E-state index contributed by atoms with van der Waals surface area (Å²) in [6.45, 7) is 2.19. The quantitative estimate of drug-likeness (QED) is 0.379. The number of aliphatic carboxylic acids is 1. The highest BCUT2D eigenvalue weighted by molar-refractivity contribution is 5.87. The summed E-state index contributed by atoms with van der Waals surface area (Å²) in [5.41, 5.74) is 0.948. The highest BCUT2D eigenvalue weighted by atomic mass is 16.6. The van der Waals surface area contributed by atoms with Crippen LogP contribution < -0.4 is 10.6 Å². The number of rotatable bonds is 11. The van der Waals surface area contributed by atoms with E-state index in [0.29, 0.717) is 51.4 Å². The van der Waals surface area contributed by atoms with E-state index in [9.17, 15) is 29.1 Å². The molecule has 1 aromatic carbocycles. The number of piperidine rings is 2. The number of carbonyl (C=O) groups excluding carboxylic acids is 4. The fourth-order valence-electron chi connectivity index (χ4n) is 5.30. The van der Waals surface area contributed by atoms with E-state index in [1.54, 1.807) is 9.80 Å². The zero-order valence-corrected chi connectivity index (χ0v) is 22.9. The summed E-state index contributed by atoms with van der Waals surface area (Å²) in [7, 11) is 0. The molecule has 4 amide bonds. The molecule has 1 aliphatic carbocycles. The van der Waals surface area contributed by atoms with Crippen LogP contribution in [0.4, 0.5) is 4.79 Å². The van der Waals surface area contributed by atoms with E-state index >= 15 is 0 Å². The molecule has 3 fully saturated rings. The Morgan fingerprint density at radius 1 is 0.900 bits per heavy atom. The summed E-state index contributed by atoms with van der Waals surface area (Å²) in [4.78, 5) is 65.0. The van der Waals surface area contributed by atoms with Crippen molar-refractivity contribution >= 4 is 29.8 Å². The van der Waals surface area contributed by atoms with E-state index in [2.05, 4.69) is 10.6 Å². The predicted octanol–water partition coefficient (Wildman–Crippen LogP) is 2.15. The lowest BCUT2D eigenvalue weighted by molar-refractivity contribution is -0.142. The average molecular weight is 557 g/mol. The first kappa shape index (κ1) is 29.4. The molecule has 2 aliphatic heterocycles. The van der Waals surface area contributed by atoms with Crippen LogP contribution in [0.15, 0.2) is 30.3 Å². The van der Waals surface area contributed by atoms with Crippen LogP contribution >= 0.6 is 0 Å². The Labute approximate surface area is 234 Å². The number of likely N-dealkylation sites (tertiary alicyclic amines) is 2. The van der Waals surface area contributed by atoms with Crippen LogP contribution in [0.1, 0.15) is 56.9 Å². The van der Waals surface area contributed by atoms with Crippen LogP contribution in [0.3, 0.4) is 0 Å². The van der Waals surface area contributed by atoms with Crippen molar-refractivity contribution < 1.29 is 33.8 Å². The number of benzene rings is 1. The number of hydrogen-bond donors (Lipinski definition) is 3. The molecule has 2 heterocycles. The molecule has 0 radical (unpaired) electrons. The number of amides is 4. The van der Waals surface area contributed by atoms with Gasteiger partial charge in [0.1, 0.15) is 12.6 Å². The molecule has 11 nitrogen and oxygen atoms in total. The van der Waals surface area contributed by atoms with Crippen molar-refractivity contribution in [2.45, 2.75) is 64.0 Å². The lowest BCUT2D eigenvalue weighted by Crippen LogP contribution is -2.51. The van der Waals surface area contributed by atoms with Crippen molar-refractivity contribution in [3.05, 3.63) is 35.9 Å². The van der Waals surface area contributed by atoms with Gasteiger partial charge in [-0.3, -0.25) is 14.4 Å². The standard InChI is InChI=1S/C29H40N4O7/c34-25(11-8-20-12-15-32(16-13-20)29(39)40-19-21-5-2-1-3-6-21)33-14-4-7-23(18-33)26(35)30-17-24(28(37)38)31-27(36)22-9-10-22/h1-3,5-6,20,22-24H,4,7-19H2,(H,30,35)(H,31,36)(H,37,38)/t23-,24?/m1/s1. The fraction of sp³-hybridized carbons (Fsp3) is 0.621. The van der Waals surface area contributed by atoms with Crippen LogP contribution in [0, 0.1) is 17.8 Å². The molecule has 0 aromatic heterocycles. The minimum Gasteiger partial charge on any atom is -0.480 e. The van der Waals surface area contributed by atoms with E-state index < -0.39 is 17.9 Å². The van der Waals surface area contributed by atoms with Gasteiger partial charge >= 0.3 is 12.1 Å². The third-order valence-corrected chi connectivity index (χ3v) is 8.03. The number of hydrogen-bond acceptors (Lipinski definition) is 6. The van der Waals surface area contributed by atoms with Crippen molar-refractivity contribution in [2.24, 2.45) is 17.8 Å². The average Bonchev–Trinajstić information content (AvgIpc) is 3.83. The highest BCUT2D eigenvalue weighted by Gasteiger charge is 2.34. The van der Waals surface area contributed by atoms with Crippen molar-refractivity contribution in [3.8, 4) is 0 Å². The molecule has 2 saturated heterocycles. The van der Waals surface area contributed by atoms with Gasteiger partial charge in [-0.1, -0.05) is 30.3 Å². The van der Waals surface area contributed by atoms with Gasteiger partial charge in [-0.05, 0) is 56.4 Å². The first-order chi connectivity index (χ1) is 19.3. The topological polar surface area (TPSA) is 145 Å². The van der Waals surface area contributed by atoms with Crippen LogP contribution in [0.25, 0.3) is 0 Å². The Bertz CT molecular complexity index is 1050. The van der Waals surface area contributed by atoms with Gasteiger partial charge < -0.3 is 30.3 Å². The Hall–Kier alpha value is -3.63. The van der Waals surface area contributed by atoms with Crippen molar-refractivity contribution in [1.82, 2.24) is 20.4 Å². The van der Waals surface area contributed by atoms with Crippen molar-refractivity contribution in [1.29, 1.82) is 0 Å². The number of ether oxygens (including phenoxy) is 1. The van der Waals surface area contributed by atoms with Gasteiger partial charge in [0.15, 0.2) is 0 Å². The highest BCUT2D eigenvalue weighted by Crippen LogP contribution is 2.29. The normalized spacial score (nSPS) is 20.4. The number of carbonyl (C=O) groups is 5. The summed E-state index contributed by atoms with van der Waals surface area (Å²) in [6, 6.07) is 8.39. The Morgan fingerprint density at radius 3 is 2.30 bits per heavy atom. The van der Waals surface area contributed by atoms with Gasteiger partial charge in [0.25, 0.3) is 0 Å². The van der Waals surface area contributed by atoms with Gasteiger partial charge in [-0.2, -0.15) is 0 Å². The zero-order chi connectivity index (χ0) is 28.5. The van der Waals surface area contributed by atoms with Crippen molar-refractivity contribution in [2.75, 3.05) is 32.7 Å². The first-order valence-corrected chi connectivity index (χ1v) is 14.3. The number of nitrogens with zero attached hydrogens (tertiary/aromatic N) is 2. The van der Waals surface area contributed by atoms with E-state index in [0.717, 1.165) is 37.7 Å². The lowest BCUT2D eigenvalue weighted by Gasteiger charge is -2.34. The summed E-state index contributed by atoms with van der Waals surface area (Å²) in [5, 5.41) is 14.5. The second-order valence-corrected chi connectivity index (χ2v) is 11.1. The van der Waals surface area contributed by atoms with E-state index in [1.807, 2.05) is 30.3 Å². The molecule has 11 heteroatoms. The van der Waals surface area contributed by atoms with Gasteiger partial charge in [0.2, 0.25) is 17.7 Å². The van der Waals surface area contributed by atoms with E-state index in [1.165, 1.54) is 0 Å². The van der Waals surface area contributed by atoms with Crippen LogP contribution in [-0.4, -0.2) is 83.5 Å². The maximum Gasteiger partial charge on any atom is 0.410 e. The maximum absolute atomic E-state index is 12.9. The summed E-state index contributed by atoms with van der Waals surface area (Å²) in [5.74, 6) is -1.93. The molecule has 1 aromatic rings. The van der Waals surface area contributed by atoms with Crippen LogP contribution in [-0.2, 0) is 30.5 Å². The molecular formula is C29H40N4O7. The van der Waals surface area contributed by atoms with Gasteiger partial charge in [0.05, 0.1) is 5.92 Å². The fourth-order valence-corrected chi connectivity index (χ4v) is 5.30. The molecule has 0 spiro atoms. The number of carboxylic acid groups (broad SMARTS) is 1. The van der Waals surface area contributed by atoms with E-state index in [-0.39, 0.29) is 42.9 Å². The monoisotopic (exact) mass is 556 g/mol. The molecule has 218 valence electrons. The summed E-state index contributed by atoms with van der Waals surface area (Å²) >= 11 is 0. The molecular weight excluding hydrogens is 516 g/mol. The largest absolute Gasteiger partial charge is 0.480 e. The van der Waals surface area contributed by atoms with Gasteiger partial charge in [-0.15, -0.1) is 0 Å². The second-order valence-electron chi connectivity index (χ2n) is 11.1. The molecule has 40 heavy (non-hydrogen) atoms. The minimum atomic E-state index is -1.19. The lowest BCUT2D eigenvalue weighted by atomic mass is 9.91. The molecule has 3 N–H and O–H groups in total. The smallest absolute Gasteiger partial charge is 0.410 e. The first-order valence-electron chi connectivity index (χ1n) is 14.3. The Balaban J connectivity index is 1.13. The maximum atomic E-state index is 12.9. The van der Waals surface area contributed by atoms with Crippen molar-refractivity contribution in [3.63, 3.8) is 0 Å². The molecule has 0 bridgehead atoms. The molecule has 1 unspecified atom stereocenters. The molecule has 4 rings (SSSR count). The molecule has 3 aliphatic rings. The number of carboxylic acids is 1. The minimum absolute atomic E-state index is 0.0160. The Kier molecular flexibility index (Phi) is 10.4. The van der Waals surface area contributed by atoms with E-state index in [4.69, 9.17) is 4.74 Å². The van der Waals surface area contributed by atoms with Gasteiger partial charge in [-0.25, -0.2) is 9.59 Å². The third kappa shape index (κ3) is 8.69. The third-order valence-electron chi connectivity index (χ3n) is 8.03. The van der Waals surface area contributed by atoms with Crippen LogP contribution in [0.2, 0.25) is 0 Å².